The summed E-state index contributed by atoms with van der Waals surface area (Å²) in [5, 5.41) is 10.0. The highest BCUT2D eigenvalue weighted by Gasteiger charge is 2.38. The van der Waals surface area contributed by atoms with E-state index < -0.39 is 0 Å². The van der Waals surface area contributed by atoms with Crippen molar-refractivity contribution in [1.29, 1.82) is 0 Å². The molecule has 1 fully saturated rings. The topological polar surface area (TPSA) is 20.2 Å². The summed E-state index contributed by atoms with van der Waals surface area (Å²) < 4.78 is 0. The van der Waals surface area contributed by atoms with Crippen LogP contribution in [-0.2, 0) is 11.8 Å². The van der Waals surface area contributed by atoms with Crippen LogP contribution in [0.2, 0.25) is 0 Å². The lowest BCUT2D eigenvalue weighted by Crippen LogP contribution is -2.15. The lowest BCUT2D eigenvalue weighted by molar-refractivity contribution is 0.146. The van der Waals surface area contributed by atoms with Gasteiger partial charge >= 0.3 is 0 Å². The fraction of sp³-hybridized carbons (Fsp3) is 0.625. The first kappa shape index (κ1) is 12.6. The van der Waals surface area contributed by atoms with Gasteiger partial charge in [-0.25, -0.2) is 0 Å². The first-order valence-corrected chi connectivity index (χ1v) is 6.65. The molecule has 3 atom stereocenters. The molecule has 1 aliphatic rings. The van der Waals surface area contributed by atoms with Crippen LogP contribution in [0.4, 0.5) is 0 Å². The molecule has 1 N–H and O–H groups in total. The average molecular weight is 232 g/mol. The average Bonchev–Trinajstić information content (AvgIpc) is 2.95. The van der Waals surface area contributed by atoms with Crippen LogP contribution in [0.15, 0.2) is 24.3 Å². The van der Waals surface area contributed by atoms with Crippen molar-refractivity contribution in [3.8, 4) is 0 Å². The number of benzene rings is 1. The molecule has 0 aromatic heterocycles. The molecule has 1 heteroatoms. The lowest BCUT2D eigenvalue weighted by atomic mass is 9.86. The number of hydrogen-bond acceptors (Lipinski definition) is 1. The Hall–Kier alpha value is -0.820. The van der Waals surface area contributed by atoms with Crippen molar-refractivity contribution in [3.63, 3.8) is 0 Å². The van der Waals surface area contributed by atoms with Crippen molar-refractivity contribution in [2.45, 2.75) is 52.1 Å². The highest BCUT2D eigenvalue weighted by molar-refractivity contribution is 5.28. The Morgan fingerprint density at radius 3 is 2.18 bits per heavy atom. The van der Waals surface area contributed by atoms with E-state index in [1.807, 2.05) is 0 Å². The maximum atomic E-state index is 10.0. The summed E-state index contributed by atoms with van der Waals surface area (Å²) in [7, 11) is 0. The normalized spacial score (nSPS) is 25.7. The molecule has 1 aromatic rings. The van der Waals surface area contributed by atoms with Crippen molar-refractivity contribution in [1.82, 2.24) is 0 Å². The predicted molar refractivity (Wildman–Crippen MR) is 72.1 cm³/mol. The van der Waals surface area contributed by atoms with Gasteiger partial charge < -0.3 is 5.11 Å². The minimum Gasteiger partial charge on any atom is -0.392 e. The van der Waals surface area contributed by atoms with Crippen LogP contribution in [0.25, 0.3) is 0 Å². The van der Waals surface area contributed by atoms with Crippen molar-refractivity contribution in [2.24, 2.45) is 11.8 Å². The summed E-state index contributed by atoms with van der Waals surface area (Å²) in [4.78, 5) is 0. The fourth-order valence-electron chi connectivity index (χ4n) is 2.42. The van der Waals surface area contributed by atoms with Crippen LogP contribution in [0.5, 0.6) is 0 Å². The molecule has 1 aromatic carbocycles. The maximum absolute atomic E-state index is 10.0. The zero-order valence-corrected chi connectivity index (χ0v) is 11.4. The van der Waals surface area contributed by atoms with Gasteiger partial charge in [-0.2, -0.15) is 0 Å². The van der Waals surface area contributed by atoms with E-state index in [4.69, 9.17) is 0 Å². The largest absolute Gasteiger partial charge is 0.392 e. The zero-order chi connectivity index (χ0) is 12.6. The molecule has 2 rings (SSSR count). The van der Waals surface area contributed by atoms with Gasteiger partial charge in [-0.3, -0.25) is 0 Å². The summed E-state index contributed by atoms with van der Waals surface area (Å²) in [5.41, 5.74) is 2.82. The summed E-state index contributed by atoms with van der Waals surface area (Å²) in [6.07, 6.45) is 1.85. The summed E-state index contributed by atoms with van der Waals surface area (Å²) in [5.74, 6) is 1.26. The second-order valence-electron chi connectivity index (χ2n) is 6.60. The fourth-order valence-corrected chi connectivity index (χ4v) is 2.42. The highest BCUT2D eigenvalue weighted by atomic mass is 16.3. The zero-order valence-electron chi connectivity index (χ0n) is 11.4. The third-order valence-electron chi connectivity index (χ3n) is 3.93. The predicted octanol–water partition coefficient (Wildman–Crippen LogP) is 3.54. The highest BCUT2D eigenvalue weighted by Crippen LogP contribution is 2.41. The van der Waals surface area contributed by atoms with E-state index >= 15 is 0 Å². The van der Waals surface area contributed by atoms with Gasteiger partial charge in [-0.15, -0.1) is 0 Å². The van der Waals surface area contributed by atoms with Crippen LogP contribution in [0, 0.1) is 11.8 Å². The van der Waals surface area contributed by atoms with E-state index in [9.17, 15) is 5.11 Å². The van der Waals surface area contributed by atoms with Gasteiger partial charge in [0, 0.05) is 0 Å². The van der Waals surface area contributed by atoms with Gasteiger partial charge in [0.15, 0.2) is 0 Å². The van der Waals surface area contributed by atoms with Crippen LogP contribution in [0.3, 0.4) is 0 Å². The van der Waals surface area contributed by atoms with Crippen LogP contribution >= 0.6 is 0 Å². The number of hydrogen-bond donors (Lipinski definition) is 1. The monoisotopic (exact) mass is 232 g/mol. The molecule has 0 heterocycles. The van der Waals surface area contributed by atoms with E-state index in [2.05, 4.69) is 52.0 Å². The Bertz CT molecular complexity index is 372. The van der Waals surface area contributed by atoms with E-state index in [-0.39, 0.29) is 11.5 Å². The molecule has 0 amide bonds. The van der Waals surface area contributed by atoms with Crippen LogP contribution < -0.4 is 0 Å². The molecule has 0 spiro atoms. The van der Waals surface area contributed by atoms with Gasteiger partial charge in [0.1, 0.15) is 0 Å². The smallest absolute Gasteiger partial charge is 0.0611 e. The molecule has 0 aliphatic heterocycles. The first-order valence-electron chi connectivity index (χ1n) is 6.65. The van der Waals surface area contributed by atoms with Crippen LogP contribution in [-0.4, -0.2) is 11.2 Å². The molecule has 0 radical (unpaired) electrons. The second kappa shape index (κ2) is 4.45. The third kappa shape index (κ3) is 3.10. The Morgan fingerprint density at radius 1 is 1.24 bits per heavy atom. The Balaban J connectivity index is 1.98. The van der Waals surface area contributed by atoms with Gasteiger partial charge in [-0.05, 0) is 41.2 Å². The number of rotatable bonds is 3. The minimum atomic E-state index is -0.148. The molecule has 1 aliphatic carbocycles. The standard InChI is InChI=1S/C16H24O/c1-11-9-14(11)15(17)10-12-5-7-13(8-6-12)16(2,3)4/h5-8,11,14-15,17H,9-10H2,1-4H3. The Morgan fingerprint density at radius 2 is 1.76 bits per heavy atom. The molecular weight excluding hydrogens is 208 g/mol. The van der Waals surface area contributed by atoms with Crippen LogP contribution in [0.1, 0.15) is 45.2 Å². The van der Waals surface area contributed by atoms with Crippen molar-refractivity contribution < 1.29 is 5.11 Å². The summed E-state index contributed by atoms with van der Waals surface area (Å²) in [6.45, 7) is 8.89. The quantitative estimate of drug-likeness (QED) is 0.845. The molecule has 17 heavy (non-hydrogen) atoms. The first-order chi connectivity index (χ1) is 7.88. The van der Waals surface area contributed by atoms with Crippen molar-refractivity contribution in [3.05, 3.63) is 35.4 Å². The van der Waals surface area contributed by atoms with Gasteiger partial charge in [0.25, 0.3) is 0 Å². The maximum Gasteiger partial charge on any atom is 0.0611 e. The second-order valence-corrected chi connectivity index (χ2v) is 6.60. The third-order valence-corrected chi connectivity index (χ3v) is 3.93. The molecule has 3 unspecified atom stereocenters. The number of aliphatic hydroxyl groups is 1. The minimum absolute atomic E-state index is 0.148. The molecule has 0 saturated heterocycles. The molecule has 1 nitrogen and oxygen atoms in total. The van der Waals surface area contributed by atoms with E-state index in [0.29, 0.717) is 5.92 Å². The summed E-state index contributed by atoms with van der Waals surface area (Å²) in [6, 6.07) is 8.71. The van der Waals surface area contributed by atoms with Crippen molar-refractivity contribution in [2.75, 3.05) is 0 Å². The lowest BCUT2D eigenvalue weighted by Gasteiger charge is -2.19. The SMILES string of the molecule is CC1CC1C(O)Cc1ccc(C(C)(C)C)cc1. The molecular formula is C16H24O. The molecule has 1 saturated carbocycles. The van der Waals surface area contributed by atoms with E-state index in [0.717, 1.165) is 12.3 Å². The van der Waals surface area contributed by atoms with E-state index in [1.54, 1.807) is 0 Å². The van der Waals surface area contributed by atoms with Gasteiger partial charge in [0.2, 0.25) is 0 Å². The van der Waals surface area contributed by atoms with E-state index in [1.165, 1.54) is 17.5 Å². The molecule has 0 bridgehead atoms. The van der Waals surface area contributed by atoms with Crippen molar-refractivity contribution >= 4 is 0 Å². The Labute approximate surface area is 105 Å². The Kier molecular flexibility index (Phi) is 3.31. The van der Waals surface area contributed by atoms with Gasteiger partial charge in [0.05, 0.1) is 6.10 Å². The number of aliphatic hydroxyl groups excluding tert-OH is 1. The van der Waals surface area contributed by atoms with Gasteiger partial charge in [-0.1, -0.05) is 52.0 Å². The summed E-state index contributed by atoms with van der Waals surface area (Å²) >= 11 is 0. The molecule has 94 valence electrons.